The van der Waals surface area contributed by atoms with Crippen LogP contribution < -0.4 is 15.4 Å². The maximum absolute atomic E-state index is 12.1. The monoisotopic (exact) mass is 290 g/mol. The Morgan fingerprint density at radius 2 is 2.26 bits per heavy atom. The molecular weight excluding hydrogens is 274 g/mol. The summed E-state index contributed by atoms with van der Waals surface area (Å²) in [6.45, 7) is -1.01. The molecule has 106 valence electrons. The number of rotatable bonds is 5. The van der Waals surface area contributed by atoms with Gasteiger partial charge in [-0.05, 0) is 37.6 Å². The summed E-state index contributed by atoms with van der Waals surface area (Å²) in [6.07, 6.45) is 3.61. The summed E-state index contributed by atoms with van der Waals surface area (Å²) in [5, 5.41) is 6.85. The molecule has 1 atom stereocenters. The van der Waals surface area contributed by atoms with E-state index in [0.29, 0.717) is 6.04 Å². The van der Waals surface area contributed by atoms with Gasteiger partial charge in [0, 0.05) is 18.3 Å². The second-order valence-corrected chi connectivity index (χ2v) is 4.96. The molecule has 1 aliphatic rings. The second-order valence-electron chi connectivity index (χ2n) is 4.55. The van der Waals surface area contributed by atoms with Gasteiger partial charge in [-0.15, -0.1) is 0 Å². The summed E-state index contributed by atoms with van der Waals surface area (Å²) in [5.41, 5.74) is 0.805. The topological polar surface area (TPSA) is 33.3 Å². The molecule has 2 N–H and O–H groups in total. The first-order valence-electron chi connectivity index (χ1n) is 6.37. The minimum absolute atomic E-state index is 0.00184. The Hall–Kier alpha value is -1.07. The summed E-state index contributed by atoms with van der Waals surface area (Å²) < 4.78 is 28.5. The Labute approximate surface area is 116 Å². The van der Waals surface area contributed by atoms with E-state index in [1.165, 1.54) is 18.9 Å². The molecule has 0 aliphatic carbocycles. The van der Waals surface area contributed by atoms with Gasteiger partial charge in [0.1, 0.15) is 5.75 Å². The predicted molar refractivity (Wildman–Crippen MR) is 72.2 cm³/mol. The van der Waals surface area contributed by atoms with Crippen LogP contribution in [0.2, 0.25) is 5.02 Å². The van der Waals surface area contributed by atoms with Crippen LogP contribution >= 0.6 is 11.6 Å². The highest BCUT2D eigenvalue weighted by atomic mass is 35.5. The van der Waals surface area contributed by atoms with Crippen LogP contribution in [0.25, 0.3) is 0 Å². The number of piperidine rings is 1. The molecule has 0 aromatic heterocycles. The van der Waals surface area contributed by atoms with Gasteiger partial charge in [0.2, 0.25) is 0 Å². The third-order valence-electron chi connectivity index (χ3n) is 3.11. The van der Waals surface area contributed by atoms with E-state index < -0.39 is 6.61 Å². The van der Waals surface area contributed by atoms with Gasteiger partial charge in [-0.25, -0.2) is 0 Å². The molecule has 6 heteroatoms. The number of benzene rings is 1. The van der Waals surface area contributed by atoms with Gasteiger partial charge in [-0.2, -0.15) is 8.78 Å². The molecule has 0 bridgehead atoms. The first-order chi connectivity index (χ1) is 9.15. The van der Waals surface area contributed by atoms with Gasteiger partial charge in [-0.1, -0.05) is 18.0 Å². The molecule has 1 heterocycles. The molecular formula is C13H17ClF2N2O. The average Bonchev–Trinajstić information content (AvgIpc) is 2.40. The van der Waals surface area contributed by atoms with Crippen LogP contribution in [0.15, 0.2) is 18.2 Å². The number of hydrogen-bond acceptors (Lipinski definition) is 3. The van der Waals surface area contributed by atoms with Gasteiger partial charge in [0.25, 0.3) is 0 Å². The first-order valence-corrected chi connectivity index (χ1v) is 6.74. The zero-order valence-corrected chi connectivity index (χ0v) is 11.2. The van der Waals surface area contributed by atoms with Crippen LogP contribution in [0, 0.1) is 0 Å². The maximum atomic E-state index is 12.1. The molecule has 1 fully saturated rings. The van der Waals surface area contributed by atoms with Crippen molar-refractivity contribution in [3.8, 4) is 5.75 Å². The predicted octanol–water partition coefficient (Wildman–Crippen LogP) is 3.50. The minimum atomic E-state index is -2.86. The van der Waals surface area contributed by atoms with E-state index in [0.717, 1.165) is 25.2 Å². The highest BCUT2D eigenvalue weighted by molar-refractivity contribution is 6.32. The van der Waals surface area contributed by atoms with Crippen LogP contribution in [0.1, 0.15) is 19.3 Å². The van der Waals surface area contributed by atoms with E-state index in [4.69, 9.17) is 11.6 Å². The highest BCUT2D eigenvalue weighted by Gasteiger charge is 2.13. The largest absolute Gasteiger partial charge is 0.433 e. The van der Waals surface area contributed by atoms with Gasteiger partial charge in [0.15, 0.2) is 0 Å². The third kappa shape index (κ3) is 4.51. The molecule has 3 nitrogen and oxygen atoms in total. The van der Waals surface area contributed by atoms with E-state index in [1.807, 2.05) is 0 Å². The molecule has 0 spiro atoms. The summed E-state index contributed by atoms with van der Waals surface area (Å²) in [6, 6.07) is 5.18. The Morgan fingerprint density at radius 3 is 2.89 bits per heavy atom. The molecule has 1 saturated heterocycles. The zero-order chi connectivity index (χ0) is 13.7. The van der Waals surface area contributed by atoms with E-state index in [2.05, 4.69) is 15.4 Å². The summed E-state index contributed by atoms with van der Waals surface area (Å²) >= 11 is 5.88. The van der Waals surface area contributed by atoms with Crippen molar-refractivity contribution in [2.45, 2.75) is 31.9 Å². The second kappa shape index (κ2) is 6.91. The van der Waals surface area contributed by atoms with Crippen molar-refractivity contribution in [3.63, 3.8) is 0 Å². The van der Waals surface area contributed by atoms with Crippen molar-refractivity contribution in [2.24, 2.45) is 0 Å². The van der Waals surface area contributed by atoms with E-state index in [1.54, 1.807) is 12.1 Å². The molecule has 1 aromatic carbocycles. The Balaban J connectivity index is 1.88. The highest BCUT2D eigenvalue weighted by Crippen LogP contribution is 2.28. The summed E-state index contributed by atoms with van der Waals surface area (Å²) in [5.74, 6) is -0.00184. The van der Waals surface area contributed by atoms with E-state index in [-0.39, 0.29) is 10.8 Å². The molecule has 19 heavy (non-hydrogen) atoms. The lowest BCUT2D eigenvalue weighted by Gasteiger charge is -2.24. The van der Waals surface area contributed by atoms with Crippen LogP contribution in [0.5, 0.6) is 5.75 Å². The summed E-state index contributed by atoms with van der Waals surface area (Å²) in [7, 11) is 0. The van der Waals surface area contributed by atoms with Crippen molar-refractivity contribution in [1.29, 1.82) is 0 Å². The van der Waals surface area contributed by atoms with Crippen molar-refractivity contribution in [1.82, 2.24) is 5.32 Å². The number of hydrogen-bond donors (Lipinski definition) is 2. The van der Waals surface area contributed by atoms with Gasteiger partial charge in [-0.3, -0.25) is 0 Å². The zero-order valence-electron chi connectivity index (χ0n) is 10.5. The van der Waals surface area contributed by atoms with Crippen molar-refractivity contribution < 1.29 is 13.5 Å². The number of halogens is 3. The third-order valence-corrected chi connectivity index (χ3v) is 3.41. The van der Waals surface area contributed by atoms with Crippen LogP contribution in [-0.2, 0) is 0 Å². The Bertz CT molecular complexity index is 412. The number of anilines is 1. The fraction of sp³-hybridized carbons (Fsp3) is 0.538. The van der Waals surface area contributed by atoms with Crippen molar-refractivity contribution >= 4 is 17.3 Å². The number of nitrogens with one attached hydrogen (secondary N) is 2. The fourth-order valence-electron chi connectivity index (χ4n) is 2.14. The minimum Gasteiger partial charge on any atom is -0.433 e. The van der Waals surface area contributed by atoms with E-state index in [9.17, 15) is 8.78 Å². The number of alkyl halides is 2. The lowest BCUT2D eigenvalue weighted by atomic mass is 10.1. The lowest BCUT2D eigenvalue weighted by Crippen LogP contribution is -2.39. The normalized spacial score (nSPS) is 19.5. The summed E-state index contributed by atoms with van der Waals surface area (Å²) in [4.78, 5) is 0. The number of ether oxygens (including phenoxy) is 1. The maximum Gasteiger partial charge on any atom is 0.387 e. The molecule has 0 amide bonds. The first kappa shape index (κ1) is 14.3. The van der Waals surface area contributed by atoms with Crippen LogP contribution in [0.3, 0.4) is 0 Å². The molecule has 2 rings (SSSR count). The molecule has 0 radical (unpaired) electrons. The molecule has 1 aliphatic heterocycles. The SMILES string of the molecule is FC(F)Oc1ccc(NCC2CCCCN2)cc1Cl. The smallest absolute Gasteiger partial charge is 0.387 e. The fourth-order valence-corrected chi connectivity index (χ4v) is 2.37. The standard InChI is InChI=1S/C13H17ClF2N2O/c14-11-7-9(4-5-12(11)19-13(15)16)18-8-10-3-1-2-6-17-10/h4-5,7,10,13,17-18H,1-3,6,8H2. The van der Waals surface area contributed by atoms with E-state index >= 15 is 0 Å². The quantitative estimate of drug-likeness (QED) is 0.871. The van der Waals surface area contributed by atoms with Gasteiger partial charge >= 0.3 is 6.61 Å². The van der Waals surface area contributed by atoms with Crippen LogP contribution in [-0.4, -0.2) is 25.7 Å². The average molecular weight is 291 g/mol. The van der Waals surface area contributed by atoms with Crippen LogP contribution in [0.4, 0.5) is 14.5 Å². The van der Waals surface area contributed by atoms with Gasteiger partial charge in [0.05, 0.1) is 5.02 Å². The Morgan fingerprint density at radius 1 is 1.42 bits per heavy atom. The van der Waals surface area contributed by atoms with Crippen molar-refractivity contribution in [2.75, 3.05) is 18.4 Å². The molecule has 1 unspecified atom stereocenters. The molecule has 1 aromatic rings. The van der Waals surface area contributed by atoms with Gasteiger partial charge < -0.3 is 15.4 Å². The van der Waals surface area contributed by atoms with Crippen molar-refractivity contribution in [3.05, 3.63) is 23.2 Å². The lowest BCUT2D eigenvalue weighted by molar-refractivity contribution is -0.0497. The molecule has 0 saturated carbocycles. The Kier molecular flexibility index (Phi) is 5.22.